The van der Waals surface area contributed by atoms with Crippen LogP contribution in [-0.4, -0.2) is 27.4 Å². The average molecular weight is 312 g/mol. The fourth-order valence-electron chi connectivity index (χ4n) is 2.36. The lowest BCUT2D eigenvalue weighted by atomic mass is 9.95. The summed E-state index contributed by atoms with van der Waals surface area (Å²) in [5, 5.41) is 2.56. The van der Waals surface area contributed by atoms with Gasteiger partial charge in [0.1, 0.15) is 0 Å². The van der Waals surface area contributed by atoms with E-state index >= 15 is 0 Å². The molecule has 1 aromatic rings. The highest BCUT2D eigenvalue weighted by Gasteiger charge is 2.23. The second-order valence-corrected chi connectivity index (χ2v) is 7.04. The van der Waals surface area contributed by atoms with Gasteiger partial charge in [0.05, 0.1) is 4.90 Å². The molecular formula is C15H24N2O3S. The lowest BCUT2D eigenvalue weighted by molar-refractivity contribution is -0.118. The lowest BCUT2D eigenvalue weighted by Gasteiger charge is -2.19. The summed E-state index contributed by atoms with van der Waals surface area (Å²) in [5.74, 6) is -0.177. The zero-order valence-corrected chi connectivity index (χ0v) is 14.4. The molecule has 0 heterocycles. The van der Waals surface area contributed by atoms with E-state index in [0.717, 1.165) is 27.8 Å². The van der Waals surface area contributed by atoms with E-state index in [1.165, 1.54) is 6.92 Å². The summed E-state index contributed by atoms with van der Waals surface area (Å²) in [5.41, 5.74) is 4.69. The third kappa shape index (κ3) is 3.83. The van der Waals surface area contributed by atoms with Gasteiger partial charge in [0.2, 0.25) is 15.9 Å². The molecule has 0 bridgehead atoms. The highest BCUT2D eigenvalue weighted by atomic mass is 32.2. The van der Waals surface area contributed by atoms with Crippen molar-refractivity contribution in [3.8, 4) is 0 Å². The van der Waals surface area contributed by atoms with Crippen molar-refractivity contribution in [2.45, 2.75) is 46.4 Å². The van der Waals surface area contributed by atoms with E-state index in [2.05, 4.69) is 10.0 Å². The van der Waals surface area contributed by atoms with Crippen molar-refractivity contribution in [1.29, 1.82) is 0 Å². The molecule has 0 aliphatic heterocycles. The van der Waals surface area contributed by atoms with Gasteiger partial charge in [-0.3, -0.25) is 4.79 Å². The van der Waals surface area contributed by atoms with Crippen LogP contribution in [0.1, 0.15) is 34.7 Å². The minimum absolute atomic E-state index is 0.173. The normalized spacial score (nSPS) is 11.5. The number of benzene rings is 1. The van der Waals surface area contributed by atoms with Crippen LogP contribution in [0.2, 0.25) is 0 Å². The predicted octanol–water partition coefficient (Wildman–Crippen LogP) is 1.64. The molecule has 118 valence electrons. The summed E-state index contributed by atoms with van der Waals surface area (Å²) < 4.78 is 27.6. The monoisotopic (exact) mass is 312 g/mol. The molecule has 0 aromatic heterocycles. The molecule has 5 nitrogen and oxygen atoms in total. The van der Waals surface area contributed by atoms with Crippen molar-refractivity contribution in [3.05, 3.63) is 27.8 Å². The Labute approximate surface area is 127 Å². The number of hydrogen-bond donors (Lipinski definition) is 2. The average Bonchev–Trinajstić information content (AvgIpc) is 2.39. The molecule has 0 fully saturated rings. The number of hydrogen-bond acceptors (Lipinski definition) is 3. The third-order valence-electron chi connectivity index (χ3n) is 3.99. The van der Waals surface area contributed by atoms with Gasteiger partial charge in [-0.2, -0.15) is 0 Å². The largest absolute Gasteiger partial charge is 0.355 e. The first-order valence-corrected chi connectivity index (χ1v) is 8.39. The van der Waals surface area contributed by atoms with Gasteiger partial charge in [-0.15, -0.1) is 0 Å². The van der Waals surface area contributed by atoms with Crippen LogP contribution < -0.4 is 10.0 Å². The standard InChI is InChI=1S/C15H24N2O3S/c1-9-10(2)12(4)15(13(5)11(9)3)21(19,20)17-8-7-16-14(6)18/h17H,7-8H2,1-6H3,(H,16,18). The molecule has 0 atom stereocenters. The van der Waals surface area contributed by atoms with Gasteiger partial charge in [-0.05, 0) is 62.4 Å². The SMILES string of the molecule is CC(=O)NCCNS(=O)(=O)c1c(C)c(C)c(C)c(C)c1C. The van der Waals surface area contributed by atoms with E-state index in [9.17, 15) is 13.2 Å². The summed E-state index contributed by atoms with van der Waals surface area (Å²) in [4.78, 5) is 11.1. The Morgan fingerprint density at radius 2 is 1.29 bits per heavy atom. The molecule has 1 aromatic carbocycles. The fourth-order valence-corrected chi connectivity index (χ4v) is 3.99. The number of rotatable bonds is 5. The fraction of sp³-hybridized carbons (Fsp3) is 0.533. The first kappa shape index (κ1) is 17.7. The van der Waals surface area contributed by atoms with Crippen LogP contribution in [0.4, 0.5) is 0 Å². The molecule has 0 unspecified atom stereocenters. The summed E-state index contributed by atoms with van der Waals surface area (Å²) in [6, 6.07) is 0. The van der Waals surface area contributed by atoms with Crippen LogP contribution in [0.5, 0.6) is 0 Å². The van der Waals surface area contributed by atoms with Gasteiger partial charge < -0.3 is 5.32 Å². The third-order valence-corrected chi connectivity index (χ3v) is 5.72. The van der Waals surface area contributed by atoms with Crippen LogP contribution in [0.15, 0.2) is 4.90 Å². The molecule has 1 amide bonds. The van der Waals surface area contributed by atoms with E-state index in [1.807, 2.05) is 34.6 Å². The van der Waals surface area contributed by atoms with E-state index in [4.69, 9.17) is 0 Å². The van der Waals surface area contributed by atoms with Crippen molar-refractivity contribution in [3.63, 3.8) is 0 Å². The van der Waals surface area contributed by atoms with Crippen molar-refractivity contribution in [2.75, 3.05) is 13.1 Å². The van der Waals surface area contributed by atoms with Gasteiger partial charge in [0, 0.05) is 20.0 Å². The first-order chi connectivity index (χ1) is 9.59. The number of carbonyl (C=O) groups excluding carboxylic acids is 1. The van der Waals surface area contributed by atoms with Crippen LogP contribution in [0.25, 0.3) is 0 Å². The van der Waals surface area contributed by atoms with Gasteiger partial charge >= 0.3 is 0 Å². The summed E-state index contributed by atoms with van der Waals surface area (Å²) in [7, 11) is -3.58. The second kappa shape index (κ2) is 6.58. The summed E-state index contributed by atoms with van der Waals surface area (Å²) in [6.45, 7) is 11.4. The Morgan fingerprint density at radius 1 is 0.857 bits per heavy atom. The maximum absolute atomic E-state index is 12.5. The Kier molecular flexibility index (Phi) is 5.53. The van der Waals surface area contributed by atoms with Gasteiger partial charge in [0.25, 0.3) is 0 Å². The first-order valence-electron chi connectivity index (χ1n) is 6.90. The quantitative estimate of drug-likeness (QED) is 0.812. The van der Waals surface area contributed by atoms with Crippen LogP contribution in [0, 0.1) is 34.6 Å². The highest BCUT2D eigenvalue weighted by Crippen LogP contribution is 2.29. The minimum Gasteiger partial charge on any atom is -0.355 e. The van der Waals surface area contributed by atoms with Crippen molar-refractivity contribution in [1.82, 2.24) is 10.0 Å². The zero-order valence-electron chi connectivity index (χ0n) is 13.5. The maximum Gasteiger partial charge on any atom is 0.241 e. The van der Waals surface area contributed by atoms with Crippen LogP contribution in [0.3, 0.4) is 0 Å². The lowest BCUT2D eigenvalue weighted by Crippen LogP contribution is -2.34. The molecule has 21 heavy (non-hydrogen) atoms. The molecule has 0 aliphatic rings. The van der Waals surface area contributed by atoms with E-state index in [0.29, 0.717) is 4.90 Å². The van der Waals surface area contributed by atoms with Gasteiger partial charge in [0.15, 0.2) is 0 Å². The molecule has 1 rings (SSSR count). The number of nitrogens with one attached hydrogen (secondary N) is 2. The molecule has 0 saturated heterocycles. The Balaban J connectivity index is 3.12. The van der Waals surface area contributed by atoms with E-state index in [1.54, 1.807) is 0 Å². The highest BCUT2D eigenvalue weighted by molar-refractivity contribution is 7.89. The van der Waals surface area contributed by atoms with Crippen molar-refractivity contribution in [2.24, 2.45) is 0 Å². The summed E-state index contributed by atoms with van der Waals surface area (Å²) >= 11 is 0. The predicted molar refractivity (Wildman–Crippen MR) is 84.0 cm³/mol. The molecule has 0 spiro atoms. The van der Waals surface area contributed by atoms with Crippen LogP contribution >= 0.6 is 0 Å². The Bertz CT molecular complexity index is 635. The van der Waals surface area contributed by atoms with E-state index < -0.39 is 10.0 Å². The number of amides is 1. The number of sulfonamides is 1. The van der Waals surface area contributed by atoms with E-state index in [-0.39, 0.29) is 19.0 Å². The van der Waals surface area contributed by atoms with Crippen LogP contribution in [-0.2, 0) is 14.8 Å². The molecule has 0 saturated carbocycles. The maximum atomic E-state index is 12.5. The second-order valence-electron chi connectivity index (χ2n) is 5.33. The molecule has 2 N–H and O–H groups in total. The van der Waals surface area contributed by atoms with Crippen molar-refractivity contribution < 1.29 is 13.2 Å². The smallest absolute Gasteiger partial charge is 0.241 e. The van der Waals surface area contributed by atoms with Gasteiger partial charge in [-0.25, -0.2) is 13.1 Å². The molecule has 6 heteroatoms. The van der Waals surface area contributed by atoms with Gasteiger partial charge in [-0.1, -0.05) is 0 Å². The molecule has 0 aliphatic carbocycles. The van der Waals surface area contributed by atoms with Crippen molar-refractivity contribution >= 4 is 15.9 Å². The Hall–Kier alpha value is -1.40. The minimum atomic E-state index is -3.58. The number of carbonyl (C=O) groups is 1. The zero-order chi connectivity index (χ0) is 16.4. The summed E-state index contributed by atoms with van der Waals surface area (Å²) in [6.07, 6.45) is 0. The molecule has 0 radical (unpaired) electrons. The Morgan fingerprint density at radius 3 is 1.71 bits per heavy atom. The molecular weight excluding hydrogens is 288 g/mol. The topological polar surface area (TPSA) is 75.3 Å².